The molecule has 8 nitrogen and oxygen atoms in total. The molecule has 2 amide bonds. The van der Waals surface area contributed by atoms with Crippen molar-refractivity contribution in [2.24, 2.45) is 0 Å². The summed E-state index contributed by atoms with van der Waals surface area (Å²) in [6.45, 7) is 0. The third-order valence-electron chi connectivity index (χ3n) is 5.88. The molecule has 1 aromatic heterocycles. The maximum Gasteiger partial charge on any atom is 0.404 e. The van der Waals surface area contributed by atoms with Crippen LogP contribution in [0.25, 0.3) is 11.1 Å². The normalized spacial score (nSPS) is 17.3. The monoisotopic (exact) mass is 477 g/mol. The van der Waals surface area contributed by atoms with Gasteiger partial charge < -0.3 is 20.5 Å². The molecule has 0 aliphatic heterocycles. The lowest BCUT2D eigenvalue weighted by atomic mass is 9.91. The zero-order valence-electron chi connectivity index (χ0n) is 18.7. The highest BCUT2D eigenvalue weighted by Crippen LogP contribution is 2.29. The molecule has 3 N–H and O–H groups in total. The standard InChI is InChI=1S/C26H24FN3O5/c27-19-13-23(24(32)29-20-8-10-21(11-9-20)30-26(33)34)25(28-14-19)35-22-3-1-2-18(12-22)17-6-4-16(15-31)5-7-17/h1-7,12-15,20-21,30H,8-11H2,(H,29,32)(H,33,34)/t20-,21-. The molecular formula is C26H24FN3O5. The van der Waals surface area contributed by atoms with Crippen LogP contribution in [0.2, 0.25) is 0 Å². The summed E-state index contributed by atoms with van der Waals surface area (Å²) in [6.07, 6.45) is 3.09. The average molecular weight is 477 g/mol. The van der Waals surface area contributed by atoms with Crippen LogP contribution in [0.15, 0.2) is 60.8 Å². The van der Waals surface area contributed by atoms with E-state index in [1.807, 2.05) is 18.2 Å². The van der Waals surface area contributed by atoms with E-state index in [0.29, 0.717) is 37.0 Å². The number of carboxylic acid groups (broad SMARTS) is 1. The van der Waals surface area contributed by atoms with Crippen LogP contribution in [0.5, 0.6) is 11.6 Å². The van der Waals surface area contributed by atoms with Gasteiger partial charge in [0.15, 0.2) is 0 Å². The molecule has 0 bridgehead atoms. The fourth-order valence-electron chi connectivity index (χ4n) is 4.10. The van der Waals surface area contributed by atoms with Gasteiger partial charge in [-0.2, -0.15) is 0 Å². The highest BCUT2D eigenvalue weighted by molar-refractivity contribution is 5.96. The first-order chi connectivity index (χ1) is 16.9. The summed E-state index contributed by atoms with van der Waals surface area (Å²) in [6, 6.07) is 15.0. The molecule has 0 spiro atoms. The summed E-state index contributed by atoms with van der Waals surface area (Å²) < 4.78 is 19.8. The van der Waals surface area contributed by atoms with E-state index < -0.39 is 17.8 Å². The molecule has 0 radical (unpaired) electrons. The first-order valence-corrected chi connectivity index (χ1v) is 11.2. The minimum absolute atomic E-state index is 0.0291. The van der Waals surface area contributed by atoms with Gasteiger partial charge in [-0.25, -0.2) is 14.2 Å². The molecule has 2 aromatic carbocycles. The van der Waals surface area contributed by atoms with Gasteiger partial charge in [-0.3, -0.25) is 9.59 Å². The smallest absolute Gasteiger partial charge is 0.404 e. The first-order valence-electron chi connectivity index (χ1n) is 11.2. The zero-order chi connectivity index (χ0) is 24.8. The van der Waals surface area contributed by atoms with Gasteiger partial charge in [-0.15, -0.1) is 0 Å². The van der Waals surface area contributed by atoms with Crippen LogP contribution in [0.4, 0.5) is 9.18 Å². The van der Waals surface area contributed by atoms with Crippen LogP contribution in [0, 0.1) is 5.82 Å². The van der Waals surface area contributed by atoms with E-state index in [1.165, 1.54) is 0 Å². The molecule has 1 aliphatic carbocycles. The second-order valence-electron chi connectivity index (χ2n) is 8.35. The zero-order valence-corrected chi connectivity index (χ0v) is 18.7. The fraction of sp³-hybridized carbons (Fsp3) is 0.231. The number of halogens is 1. The number of ether oxygens (including phenoxy) is 1. The molecule has 3 aromatic rings. The third kappa shape index (κ3) is 6.20. The summed E-state index contributed by atoms with van der Waals surface area (Å²) >= 11 is 0. The Bertz CT molecular complexity index is 1220. The molecule has 1 saturated carbocycles. The number of aromatic nitrogens is 1. The first kappa shape index (κ1) is 23.9. The summed E-state index contributed by atoms with van der Waals surface area (Å²) in [5.41, 5.74) is 2.24. The number of hydrogen-bond acceptors (Lipinski definition) is 5. The number of benzene rings is 2. The Labute approximate surface area is 201 Å². The predicted octanol–water partition coefficient (Wildman–Crippen LogP) is 4.80. The Morgan fingerprint density at radius 3 is 2.31 bits per heavy atom. The molecule has 1 fully saturated rings. The van der Waals surface area contributed by atoms with Crippen molar-refractivity contribution in [3.63, 3.8) is 0 Å². The Hall–Kier alpha value is -4.27. The van der Waals surface area contributed by atoms with E-state index in [-0.39, 0.29) is 23.5 Å². The van der Waals surface area contributed by atoms with E-state index in [0.717, 1.165) is 29.7 Å². The van der Waals surface area contributed by atoms with Crippen molar-refractivity contribution in [3.05, 3.63) is 77.7 Å². The number of nitrogens with one attached hydrogen (secondary N) is 2. The van der Waals surface area contributed by atoms with Crippen molar-refractivity contribution in [1.29, 1.82) is 0 Å². The minimum atomic E-state index is -1.06. The van der Waals surface area contributed by atoms with Crippen LogP contribution in [0.3, 0.4) is 0 Å². The Balaban J connectivity index is 1.47. The lowest BCUT2D eigenvalue weighted by Gasteiger charge is -2.29. The van der Waals surface area contributed by atoms with Crippen LogP contribution in [-0.4, -0.2) is 40.5 Å². The van der Waals surface area contributed by atoms with Crippen LogP contribution in [0.1, 0.15) is 46.4 Å². The fourth-order valence-corrected chi connectivity index (χ4v) is 4.10. The van der Waals surface area contributed by atoms with Gasteiger partial charge in [0, 0.05) is 17.6 Å². The Morgan fingerprint density at radius 1 is 0.971 bits per heavy atom. The molecule has 4 rings (SSSR count). The number of nitrogens with zero attached hydrogens (tertiary/aromatic N) is 1. The van der Waals surface area contributed by atoms with Crippen molar-refractivity contribution in [3.8, 4) is 22.8 Å². The molecular weight excluding hydrogens is 453 g/mol. The SMILES string of the molecule is O=Cc1ccc(-c2cccc(Oc3ncc(F)cc3C(=O)N[C@H]3CC[C@H](NC(=O)O)CC3)c2)cc1. The third-order valence-corrected chi connectivity index (χ3v) is 5.88. The van der Waals surface area contributed by atoms with E-state index >= 15 is 0 Å². The van der Waals surface area contributed by atoms with E-state index in [1.54, 1.807) is 30.3 Å². The summed E-state index contributed by atoms with van der Waals surface area (Å²) in [5, 5.41) is 14.2. The quantitative estimate of drug-likeness (QED) is 0.421. The van der Waals surface area contributed by atoms with Crippen molar-refractivity contribution < 1.29 is 28.6 Å². The van der Waals surface area contributed by atoms with Gasteiger partial charge in [-0.05, 0) is 55.0 Å². The number of carbonyl (C=O) groups is 3. The number of aldehydes is 1. The van der Waals surface area contributed by atoms with Gasteiger partial charge in [0.2, 0.25) is 5.88 Å². The Morgan fingerprint density at radius 2 is 1.66 bits per heavy atom. The second kappa shape index (κ2) is 10.8. The van der Waals surface area contributed by atoms with Crippen molar-refractivity contribution in [1.82, 2.24) is 15.6 Å². The van der Waals surface area contributed by atoms with Crippen molar-refractivity contribution in [2.75, 3.05) is 0 Å². The maximum atomic E-state index is 14.0. The number of amides is 2. The van der Waals surface area contributed by atoms with Crippen LogP contribution in [-0.2, 0) is 0 Å². The summed E-state index contributed by atoms with van der Waals surface area (Å²) in [5.74, 6) is -0.794. The lowest BCUT2D eigenvalue weighted by Crippen LogP contribution is -2.43. The number of hydrogen-bond donors (Lipinski definition) is 3. The molecule has 0 atom stereocenters. The number of pyridine rings is 1. The highest BCUT2D eigenvalue weighted by Gasteiger charge is 2.25. The molecule has 0 saturated heterocycles. The largest absolute Gasteiger partial charge is 0.465 e. The van der Waals surface area contributed by atoms with E-state index in [9.17, 15) is 18.8 Å². The molecule has 1 heterocycles. The summed E-state index contributed by atoms with van der Waals surface area (Å²) in [7, 11) is 0. The van der Waals surface area contributed by atoms with Crippen molar-refractivity contribution in [2.45, 2.75) is 37.8 Å². The molecule has 1 aliphatic rings. The van der Waals surface area contributed by atoms with E-state index in [4.69, 9.17) is 9.84 Å². The number of rotatable bonds is 7. The molecule has 0 unspecified atom stereocenters. The van der Waals surface area contributed by atoms with Gasteiger partial charge in [-0.1, -0.05) is 36.4 Å². The predicted molar refractivity (Wildman–Crippen MR) is 126 cm³/mol. The molecule has 35 heavy (non-hydrogen) atoms. The highest BCUT2D eigenvalue weighted by atomic mass is 19.1. The number of carbonyl (C=O) groups excluding carboxylic acids is 2. The minimum Gasteiger partial charge on any atom is -0.465 e. The van der Waals surface area contributed by atoms with Gasteiger partial charge in [0.1, 0.15) is 23.4 Å². The average Bonchev–Trinajstić information content (AvgIpc) is 2.86. The topological polar surface area (TPSA) is 118 Å². The Kier molecular flexibility index (Phi) is 7.35. The van der Waals surface area contributed by atoms with Crippen molar-refractivity contribution >= 4 is 18.3 Å². The van der Waals surface area contributed by atoms with Gasteiger partial charge >= 0.3 is 6.09 Å². The van der Waals surface area contributed by atoms with Crippen LogP contribution >= 0.6 is 0 Å². The molecule has 9 heteroatoms. The second-order valence-corrected chi connectivity index (χ2v) is 8.35. The lowest BCUT2D eigenvalue weighted by molar-refractivity contribution is 0.0919. The van der Waals surface area contributed by atoms with Crippen LogP contribution < -0.4 is 15.4 Å². The van der Waals surface area contributed by atoms with E-state index in [2.05, 4.69) is 15.6 Å². The maximum absolute atomic E-state index is 14.0. The summed E-state index contributed by atoms with van der Waals surface area (Å²) in [4.78, 5) is 38.6. The van der Waals surface area contributed by atoms with Gasteiger partial charge in [0.05, 0.1) is 6.20 Å². The molecule has 180 valence electrons. The van der Waals surface area contributed by atoms with Gasteiger partial charge in [0.25, 0.3) is 5.91 Å².